The van der Waals surface area contributed by atoms with Crippen molar-refractivity contribution in [1.29, 1.82) is 0 Å². The van der Waals surface area contributed by atoms with Gasteiger partial charge in [-0.15, -0.1) is 0 Å². The molecule has 1 aliphatic rings. The SMILES string of the molecule is COc1ccc2ccccc2c1/C=C1\SC(=O)N(Cc2ccc3ccccc3c2)C1=O. The molecule has 0 radical (unpaired) electrons. The fourth-order valence-electron chi connectivity index (χ4n) is 3.89. The molecule has 31 heavy (non-hydrogen) atoms. The molecule has 4 aromatic rings. The molecule has 2 amide bonds. The first kappa shape index (κ1) is 19.4. The maximum absolute atomic E-state index is 13.1. The van der Waals surface area contributed by atoms with E-state index in [1.54, 1.807) is 13.2 Å². The summed E-state index contributed by atoms with van der Waals surface area (Å²) in [6.07, 6.45) is 1.77. The molecule has 1 heterocycles. The molecule has 4 nitrogen and oxygen atoms in total. The minimum absolute atomic E-state index is 0.250. The van der Waals surface area contributed by atoms with E-state index in [-0.39, 0.29) is 17.7 Å². The van der Waals surface area contributed by atoms with Crippen LogP contribution in [0.15, 0.2) is 83.8 Å². The van der Waals surface area contributed by atoms with E-state index >= 15 is 0 Å². The second kappa shape index (κ2) is 7.93. The van der Waals surface area contributed by atoms with Crippen LogP contribution < -0.4 is 4.74 Å². The second-order valence-corrected chi connectivity index (χ2v) is 8.35. The van der Waals surface area contributed by atoms with Gasteiger partial charge in [0.15, 0.2) is 0 Å². The number of nitrogens with zero attached hydrogens (tertiary/aromatic N) is 1. The monoisotopic (exact) mass is 425 g/mol. The Morgan fingerprint density at radius 2 is 1.58 bits per heavy atom. The van der Waals surface area contributed by atoms with Gasteiger partial charge in [-0.1, -0.05) is 66.7 Å². The van der Waals surface area contributed by atoms with Crippen LogP contribution in [0, 0.1) is 0 Å². The summed E-state index contributed by atoms with van der Waals surface area (Å²) in [4.78, 5) is 27.5. The highest BCUT2D eigenvalue weighted by Gasteiger charge is 2.35. The van der Waals surface area contributed by atoms with Crippen LogP contribution in [0.4, 0.5) is 4.79 Å². The summed E-state index contributed by atoms with van der Waals surface area (Å²) in [5.41, 5.74) is 1.72. The summed E-state index contributed by atoms with van der Waals surface area (Å²) in [6.45, 7) is 0.250. The van der Waals surface area contributed by atoms with Gasteiger partial charge >= 0.3 is 0 Å². The van der Waals surface area contributed by atoms with E-state index in [4.69, 9.17) is 4.74 Å². The molecule has 0 N–H and O–H groups in total. The Morgan fingerprint density at radius 1 is 0.871 bits per heavy atom. The lowest BCUT2D eigenvalue weighted by molar-refractivity contribution is -0.123. The zero-order valence-corrected chi connectivity index (χ0v) is 17.7. The number of benzene rings is 4. The number of amides is 2. The Hall–Kier alpha value is -3.57. The number of thioether (sulfide) groups is 1. The van der Waals surface area contributed by atoms with Gasteiger partial charge in [0, 0.05) is 5.56 Å². The number of rotatable bonds is 4. The van der Waals surface area contributed by atoms with Crippen molar-refractivity contribution in [3.63, 3.8) is 0 Å². The number of hydrogen-bond acceptors (Lipinski definition) is 4. The van der Waals surface area contributed by atoms with Crippen molar-refractivity contribution in [2.24, 2.45) is 0 Å². The van der Waals surface area contributed by atoms with E-state index in [2.05, 4.69) is 0 Å². The molecular weight excluding hydrogens is 406 g/mol. The number of ether oxygens (including phenoxy) is 1. The predicted octanol–water partition coefficient (Wildman–Crippen LogP) is 6.24. The minimum Gasteiger partial charge on any atom is -0.496 e. The lowest BCUT2D eigenvalue weighted by atomic mass is 10.0. The fraction of sp³-hybridized carbons (Fsp3) is 0.0769. The lowest BCUT2D eigenvalue weighted by Crippen LogP contribution is -2.27. The summed E-state index contributed by atoms with van der Waals surface area (Å²) < 4.78 is 5.53. The molecule has 0 saturated carbocycles. The molecule has 1 fully saturated rings. The molecule has 0 atom stereocenters. The van der Waals surface area contributed by atoms with Gasteiger partial charge in [-0.2, -0.15) is 0 Å². The van der Waals surface area contributed by atoms with Gasteiger partial charge in [0.1, 0.15) is 5.75 Å². The van der Waals surface area contributed by atoms with Crippen LogP contribution in [-0.4, -0.2) is 23.2 Å². The number of carbonyl (C=O) groups excluding carboxylic acids is 2. The molecule has 4 aromatic carbocycles. The summed E-state index contributed by atoms with van der Waals surface area (Å²) in [6, 6.07) is 25.8. The zero-order valence-electron chi connectivity index (χ0n) is 16.9. The van der Waals surface area contributed by atoms with Crippen molar-refractivity contribution < 1.29 is 14.3 Å². The highest BCUT2D eigenvalue weighted by Crippen LogP contribution is 2.37. The van der Waals surface area contributed by atoms with Crippen molar-refractivity contribution >= 4 is 50.5 Å². The Kier molecular flexibility index (Phi) is 4.96. The standard InChI is InChI=1S/C26H19NO3S/c1-30-23-13-12-19-7-4-5-9-21(19)22(23)15-24-25(28)27(26(29)31-24)16-17-10-11-18-6-2-3-8-20(18)14-17/h2-15H,16H2,1H3/b24-15-. The Balaban J connectivity index is 1.49. The summed E-state index contributed by atoms with van der Waals surface area (Å²) in [5.74, 6) is 0.387. The molecule has 1 aliphatic heterocycles. The number of carbonyl (C=O) groups is 2. The minimum atomic E-state index is -0.279. The van der Waals surface area contributed by atoms with Gasteiger partial charge in [0.2, 0.25) is 0 Å². The number of fused-ring (bicyclic) bond motifs is 2. The van der Waals surface area contributed by atoms with Gasteiger partial charge in [-0.3, -0.25) is 14.5 Å². The zero-order chi connectivity index (χ0) is 21.4. The summed E-state index contributed by atoms with van der Waals surface area (Å²) in [5, 5.41) is 3.98. The van der Waals surface area contributed by atoms with Crippen LogP contribution in [0.2, 0.25) is 0 Å². The fourth-order valence-corrected chi connectivity index (χ4v) is 4.71. The van der Waals surface area contributed by atoms with Crippen molar-refractivity contribution in [2.45, 2.75) is 6.54 Å². The van der Waals surface area contributed by atoms with Gasteiger partial charge in [0.05, 0.1) is 18.6 Å². The van der Waals surface area contributed by atoms with E-state index in [0.717, 1.165) is 44.4 Å². The third-order valence-electron chi connectivity index (χ3n) is 5.45. The van der Waals surface area contributed by atoms with Crippen LogP contribution in [0.3, 0.4) is 0 Å². The third kappa shape index (κ3) is 3.57. The molecule has 0 bridgehead atoms. The molecule has 0 unspecified atom stereocenters. The smallest absolute Gasteiger partial charge is 0.293 e. The van der Waals surface area contributed by atoms with E-state index in [1.165, 1.54) is 4.90 Å². The Bertz CT molecular complexity index is 1380. The average Bonchev–Trinajstić information content (AvgIpc) is 3.06. The van der Waals surface area contributed by atoms with E-state index in [0.29, 0.717) is 10.7 Å². The van der Waals surface area contributed by atoms with Crippen LogP contribution in [0.5, 0.6) is 5.75 Å². The molecule has 0 spiro atoms. The second-order valence-electron chi connectivity index (χ2n) is 7.35. The molecule has 5 rings (SSSR count). The van der Waals surface area contributed by atoms with Gasteiger partial charge in [0.25, 0.3) is 11.1 Å². The van der Waals surface area contributed by atoms with Crippen LogP contribution in [0.1, 0.15) is 11.1 Å². The van der Waals surface area contributed by atoms with E-state index in [1.807, 2.05) is 78.9 Å². The van der Waals surface area contributed by atoms with E-state index < -0.39 is 0 Å². The highest BCUT2D eigenvalue weighted by molar-refractivity contribution is 8.18. The Labute approximate surface area is 184 Å². The topological polar surface area (TPSA) is 46.6 Å². The number of hydrogen-bond donors (Lipinski definition) is 0. The molecular formula is C26H19NO3S. The van der Waals surface area contributed by atoms with Gasteiger partial charge < -0.3 is 4.74 Å². The maximum Gasteiger partial charge on any atom is 0.293 e. The first-order chi connectivity index (χ1) is 15.1. The highest BCUT2D eigenvalue weighted by atomic mass is 32.2. The maximum atomic E-state index is 13.1. The average molecular weight is 426 g/mol. The quantitative estimate of drug-likeness (QED) is 0.363. The van der Waals surface area contributed by atoms with Crippen molar-refractivity contribution in [1.82, 2.24) is 4.90 Å². The largest absolute Gasteiger partial charge is 0.496 e. The predicted molar refractivity (Wildman–Crippen MR) is 126 cm³/mol. The summed E-state index contributed by atoms with van der Waals surface area (Å²) >= 11 is 0.970. The van der Waals surface area contributed by atoms with Crippen molar-refractivity contribution in [2.75, 3.05) is 7.11 Å². The van der Waals surface area contributed by atoms with Gasteiger partial charge in [-0.25, -0.2) is 0 Å². The molecule has 152 valence electrons. The first-order valence-electron chi connectivity index (χ1n) is 9.93. The van der Waals surface area contributed by atoms with Crippen LogP contribution in [0.25, 0.3) is 27.6 Å². The first-order valence-corrected chi connectivity index (χ1v) is 10.7. The van der Waals surface area contributed by atoms with Crippen LogP contribution >= 0.6 is 11.8 Å². The normalized spacial score (nSPS) is 15.4. The molecule has 1 saturated heterocycles. The van der Waals surface area contributed by atoms with Gasteiger partial charge in [-0.05, 0) is 57.1 Å². The third-order valence-corrected chi connectivity index (χ3v) is 6.36. The molecule has 0 aliphatic carbocycles. The van der Waals surface area contributed by atoms with Crippen LogP contribution in [-0.2, 0) is 11.3 Å². The molecule has 0 aromatic heterocycles. The van der Waals surface area contributed by atoms with E-state index in [9.17, 15) is 9.59 Å². The number of imide groups is 1. The van der Waals surface area contributed by atoms with Crippen molar-refractivity contribution in [3.05, 3.63) is 94.9 Å². The Morgan fingerprint density at radius 3 is 2.39 bits per heavy atom. The lowest BCUT2D eigenvalue weighted by Gasteiger charge is -2.13. The summed E-state index contributed by atoms with van der Waals surface area (Å²) in [7, 11) is 1.60. The molecule has 5 heteroatoms. The van der Waals surface area contributed by atoms with Crippen molar-refractivity contribution in [3.8, 4) is 5.75 Å². The number of methoxy groups -OCH3 is 1.